The maximum absolute atomic E-state index is 12.2. The van der Waals surface area contributed by atoms with Gasteiger partial charge < -0.3 is 9.84 Å². The van der Waals surface area contributed by atoms with Gasteiger partial charge in [-0.3, -0.25) is 4.79 Å². The van der Waals surface area contributed by atoms with Gasteiger partial charge >= 0.3 is 5.97 Å². The number of carboxylic acids is 1. The number of rotatable bonds is 12. The Bertz CT molecular complexity index is 884. The number of ether oxygens (including phenoxy) is 1. The van der Waals surface area contributed by atoms with Gasteiger partial charge in [0, 0.05) is 18.0 Å². The van der Waals surface area contributed by atoms with Crippen LogP contribution in [-0.4, -0.2) is 32.4 Å². The Morgan fingerprint density at radius 3 is 2.22 bits per heavy atom. The third-order valence-corrected chi connectivity index (χ3v) is 7.65. The van der Waals surface area contributed by atoms with Gasteiger partial charge in [0.05, 0.1) is 0 Å². The van der Waals surface area contributed by atoms with Crippen molar-refractivity contribution in [2.75, 3.05) is 0 Å². The van der Waals surface area contributed by atoms with E-state index in [2.05, 4.69) is 63.6 Å². The van der Waals surface area contributed by atoms with Crippen LogP contribution in [0, 0.1) is 0 Å². The summed E-state index contributed by atoms with van der Waals surface area (Å²) in [4.78, 5) is 20.6. The fourth-order valence-corrected chi connectivity index (χ4v) is 4.36. The van der Waals surface area contributed by atoms with Gasteiger partial charge in [0.1, 0.15) is 17.1 Å². The lowest BCUT2D eigenvalue weighted by atomic mass is 9.76. The summed E-state index contributed by atoms with van der Waals surface area (Å²) in [5, 5.41) is 9.65. The van der Waals surface area contributed by atoms with Crippen molar-refractivity contribution in [3.05, 3.63) is 47.8 Å². The molecule has 0 amide bonds. The molecule has 0 saturated heterocycles. The average Bonchev–Trinajstić information content (AvgIpc) is 2.77. The van der Waals surface area contributed by atoms with Crippen molar-refractivity contribution < 1.29 is 14.6 Å². The molecule has 0 aliphatic rings. The Kier molecular flexibility index (Phi) is 9.14. The van der Waals surface area contributed by atoms with Gasteiger partial charge in [0.15, 0.2) is 5.16 Å². The van der Waals surface area contributed by atoms with Gasteiger partial charge in [-0.1, -0.05) is 78.8 Å². The second kappa shape index (κ2) is 11.2. The minimum absolute atomic E-state index is 0.0595. The Balaban J connectivity index is 2.47. The van der Waals surface area contributed by atoms with Crippen LogP contribution in [0.5, 0.6) is 5.75 Å². The van der Waals surface area contributed by atoms with Crippen molar-refractivity contribution in [1.82, 2.24) is 9.97 Å². The Morgan fingerprint density at radius 1 is 1.06 bits per heavy atom. The number of hydrogen-bond acceptors (Lipinski definition) is 5. The first-order chi connectivity index (χ1) is 15.1. The summed E-state index contributed by atoms with van der Waals surface area (Å²) in [5.74, 6) is -0.146. The van der Waals surface area contributed by atoms with E-state index in [1.165, 1.54) is 5.56 Å². The summed E-state index contributed by atoms with van der Waals surface area (Å²) in [6.45, 7) is 15.4. The molecule has 2 rings (SSSR count). The van der Waals surface area contributed by atoms with E-state index < -0.39 is 17.3 Å². The van der Waals surface area contributed by atoms with E-state index in [0.717, 1.165) is 42.3 Å². The zero-order chi connectivity index (χ0) is 23.9. The Morgan fingerprint density at radius 2 is 1.69 bits per heavy atom. The van der Waals surface area contributed by atoms with E-state index in [0.29, 0.717) is 11.6 Å². The zero-order valence-corrected chi connectivity index (χ0v) is 21.3. The predicted octanol–water partition coefficient (Wildman–Crippen LogP) is 6.64. The number of hydrogen-bond donors (Lipinski definition) is 1. The Labute approximate surface area is 197 Å². The molecular formula is C26H38N2O3S. The molecule has 0 aliphatic carbocycles. The Hall–Kier alpha value is -2.08. The zero-order valence-electron chi connectivity index (χ0n) is 20.5. The first kappa shape index (κ1) is 26.2. The largest absolute Gasteiger partial charge is 0.488 e. The summed E-state index contributed by atoms with van der Waals surface area (Å²) in [5.41, 5.74) is 2.37. The second-order valence-electron chi connectivity index (χ2n) is 9.54. The molecule has 1 N–H and O–H groups in total. The van der Waals surface area contributed by atoms with Crippen LogP contribution in [0.3, 0.4) is 0 Å². The highest BCUT2D eigenvalue weighted by Crippen LogP contribution is 2.40. The number of nitrogens with zero attached hydrogens (tertiary/aromatic N) is 2. The molecule has 0 radical (unpaired) electrons. The standard InChI is InChI=1S/C26H38N2O3S/c1-8-12-21(22(23(29)30)32-24-27-15-11-16-28-24)31-20-14-13-18(25(4,5)9-2)17-19(20)26(6,7)10-3/h11,13-17,21-22H,8-10,12H2,1-7H3,(H,29,30). The molecule has 1 heterocycles. The van der Waals surface area contributed by atoms with Crippen molar-refractivity contribution in [1.29, 1.82) is 0 Å². The van der Waals surface area contributed by atoms with Crippen molar-refractivity contribution in [2.24, 2.45) is 0 Å². The quantitative estimate of drug-likeness (QED) is 0.284. The number of carbonyl (C=O) groups is 1. The van der Waals surface area contributed by atoms with Crippen LogP contribution in [0.15, 0.2) is 41.8 Å². The SMILES string of the molecule is CCCC(Oc1ccc(C(C)(C)CC)cc1C(C)(C)CC)C(Sc1ncccn1)C(=O)O. The van der Waals surface area contributed by atoms with Gasteiger partial charge in [0.2, 0.25) is 0 Å². The van der Waals surface area contributed by atoms with Crippen LogP contribution in [0.4, 0.5) is 0 Å². The van der Waals surface area contributed by atoms with Crippen molar-refractivity contribution in [2.45, 2.75) is 101 Å². The van der Waals surface area contributed by atoms with Crippen LogP contribution in [0.2, 0.25) is 0 Å². The smallest absolute Gasteiger partial charge is 0.320 e. The summed E-state index contributed by atoms with van der Waals surface area (Å²) in [7, 11) is 0. The molecule has 2 atom stereocenters. The molecule has 176 valence electrons. The molecule has 6 heteroatoms. The summed E-state index contributed by atoms with van der Waals surface area (Å²) in [6.07, 6.45) is 6.19. The molecule has 2 aromatic rings. The third kappa shape index (κ3) is 6.47. The predicted molar refractivity (Wildman–Crippen MR) is 132 cm³/mol. The fourth-order valence-electron chi connectivity index (χ4n) is 3.44. The van der Waals surface area contributed by atoms with Gasteiger partial charge in [-0.05, 0) is 47.8 Å². The summed E-state index contributed by atoms with van der Waals surface area (Å²) < 4.78 is 6.51. The molecule has 1 aromatic heterocycles. The summed E-state index contributed by atoms with van der Waals surface area (Å²) in [6, 6.07) is 8.14. The van der Waals surface area contributed by atoms with E-state index in [-0.39, 0.29) is 10.8 Å². The van der Waals surface area contributed by atoms with Gasteiger partial charge in [0.25, 0.3) is 0 Å². The lowest BCUT2D eigenvalue weighted by Gasteiger charge is -2.32. The lowest BCUT2D eigenvalue weighted by Crippen LogP contribution is -2.36. The molecule has 0 fully saturated rings. The van der Waals surface area contributed by atoms with Gasteiger partial charge in [-0.25, -0.2) is 9.97 Å². The van der Waals surface area contributed by atoms with E-state index >= 15 is 0 Å². The van der Waals surface area contributed by atoms with Crippen molar-refractivity contribution in [3.8, 4) is 5.75 Å². The van der Waals surface area contributed by atoms with Crippen LogP contribution >= 0.6 is 11.8 Å². The van der Waals surface area contributed by atoms with Crippen molar-refractivity contribution in [3.63, 3.8) is 0 Å². The van der Waals surface area contributed by atoms with E-state index in [9.17, 15) is 9.90 Å². The number of aliphatic carboxylic acids is 1. The number of benzene rings is 1. The average molecular weight is 459 g/mol. The van der Waals surface area contributed by atoms with Crippen LogP contribution in [0.1, 0.15) is 85.3 Å². The molecule has 5 nitrogen and oxygen atoms in total. The van der Waals surface area contributed by atoms with Crippen LogP contribution in [-0.2, 0) is 15.6 Å². The van der Waals surface area contributed by atoms with Crippen LogP contribution < -0.4 is 4.74 Å². The molecule has 0 aliphatic heterocycles. The number of thioether (sulfide) groups is 1. The topological polar surface area (TPSA) is 72.3 Å². The minimum atomic E-state index is -0.916. The van der Waals surface area contributed by atoms with Gasteiger partial charge in [-0.2, -0.15) is 0 Å². The van der Waals surface area contributed by atoms with Crippen LogP contribution in [0.25, 0.3) is 0 Å². The maximum Gasteiger partial charge on any atom is 0.320 e. The van der Waals surface area contributed by atoms with Gasteiger partial charge in [-0.15, -0.1) is 0 Å². The van der Waals surface area contributed by atoms with E-state index in [4.69, 9.17) is 4.74 Å². The summed E-state index contributed by atoms with van der Waals surface area (Å²) >= 11 is 1.15. The number of aromatic nitrogens is 2. The van der Waals surface area contributed by atoms with Crippen molar-refractivity contribution >= 4 is 17.7 Å². The maximum atomic E-state index is 12.2. The first-order valence-corrected chi connectivity index (χ1v) is 12.4. The monoisotopic (exact) mass is 458 g/mol. The normalized spacial score (nSPS) is 14.1. The fraction of sp³-hybridized carbons (Fsp3) is 0.577. The molecule has 0 spiro atoms. The third-order valence-electron chi connectivity index (χ3n) is 6.46. The molecule has 1 aromatic carbocycles. The lowest BCUT2D eigenvalue weighted by molar-refractivity contribution is -0.138. The number of carboxylic acid groups (broad SMARTS) is 1. The molecule has 0 saturated carbocycles. The molecular weight excluding hydrogens is 420 g/mol. The molecule has 0 bridgehead atoms. The highest BCUT2D eigenvalue weighted by Gasteiger charge is 2.34. The minimum Gasteiger partial charge on any atom is -0.488 e. The molecule has 32 heavy (non-hydrogen) atoms. The first-order valence-electron chi connectivity index (χ1n) is 11.5. The highest BCUT2D eigenvalue weighted by molar-refractivity contribution is 8.00. The van der Waals surface area contributed by atoms with E-state index in [1.54, 1.807) is 18.5 Å². The second-order valence-corrected chi connectivity index (χ2v) is 10.6. The molecule has 2 unspecified atom stereocenters. The highest BCUT2D eigenvalue weighted by atomic mass is 32.2. The van der Waals surface area contributed by atoms with E-state index in [1.807, 2.05) is 13.0 Å².